The fraction of sp³-hybridized carbons (Fsp3) is 0.682. The molecule has 0 radical (unpaired) electrons. The molecule has 2 heterocycles. The third kappa shape index (κ3) is 5.38. The van der Waals surface area contributed by atoms with Gasteiger partial charge in [-0.1, -0.05) is 33.8 Å². The van der Waals surface area contributed by atoms with Crippen LogP contribution in [0.1, 0.15) is 44.5 Å². The van der Waals surface area contributed by atoms with Crippen molar-refractivity contribution in [3.8, 4) is 0 Å². The van der Waals surface area contributed by atoms with Crippen molar-refractivity contribution in [2.24, 2.45) is 17.8 Å². The normalized spacial score (nSPS) is 24.8. The van der Waals surface area contributed by atoms with Gasteiger partial charge >= 0.3 is 0 Å². The summed E-state index contributed by atoms with van der Waals surface area (Å²) in [4.78, 5) is 17.4. The largest absolute Gasteiger partial charge is 0.336 e. The van der Waals surface area contributed by atoms with Gasteiger partial charge in [-0.2, -0.15) is 4.31 Å². The number of carbonyl (C=O) groups is 1. The van der Waals surface area contributed by atoms with Gasteiger partial charge in [-0.25, -0.2) is 8.42 Å². The lowest BCUT2D eigenvalue weighted by Crippen LogP contribution is -2.49. The zero-order chi connectivity index (χ0) is 21.2. The lowest BCUT2D eigenvalue weighted by molar-refractivity contribution is 0.0623. The molecule has 0 saturated carbocycles. The monoisotopic (exact) mass is 421 g/mol. The summed E-state index contributed by atoms with van der Waals surface area (Å²) in [5.41, 5.74) is 0.460. The number of nitrogens with zero attached hydrogens (tertiary/aromatic N) is 3. The SMILES string of the molecule is CC(C)CN1CCN(C(=O)c2cccc(S(=O)(=O)N3CC(C)CC(C)C3)c2)CC1. The first-order chi connectivity index (χ1) is 13.7. The molecule has 0 aliphatic carbocycles. The van der Waals surface area contributed by atoms with Crippen molar-refractivity contribution in [1.29, 1.82) is 0 Å². The van der Waals surface area contributed by atoms with Gasteiger partial charge < -0.3 is 4.90 Å². The van der Waals surface area contributed by atoms with Crippen molar-refractivity contribution in [2.45, 2.75) is 39.0 Å². The Hall–Kier alpha value is -1.44. The van der Waals surface area contributed by atoms with E-state index in [1.807, 2.05) is 4.90 Å². The van der Waals surface area contributed by atoms with Gasteiger partial charge in [0.05, 0.1) is 4.90 Å². The summed E-state index contributed by atoms with van der Waals surface area (Å²) in [7, 11) is -3.58. The van der Waals surface area contributed by atoms with Crippen LogP contribution >= 0.6 is 0 Å². The van der Waals surface area contributed by atoms with Crippen LogP contribution in [0.2, 0.25) is 0 Å². The molecule has 0 N–H and O–H groups in total. The highest BCUT2D eigenvalue weighted by molar-refractivity contribution is 7.89. The Balaban J connectivity index is 1.71. The number of hydrogen-bond acceptors (Lipinski definition) is 4. The lowest BCUT2D eigenvalue weighted by Gasteiger charge is -2.35. The van der Waals surface area contributed by atoms with Gasteiger partial charge in [0.15, 0.2) is 0 Å². The quantitative estimate of drug-likeness (QED) is 0.734. The summed E-state index contributed by atoms with van der Waals surface area (Å²) in [6.07, 6.45) is 1.05. The number of carbonyl (C=O) groups excluding carboxylic acids is 1. The highest BCUT2D eigenvalue weighted by Crippen LogP contribution is 2.27. The van der Waals surface area contributed by atoms with E-state index >= 15 is 0 Å². The van der Waals surface area contributed by atoms with E-state index in [9.17, 15) is 13.2 Å². The molecule has 0 spiro atoms. The lowest BCUT2D eigenvalue weighted by atomic mass is 9.94. The fourth-order valence-corrected chi connectivity index (χ4v) is 6.30. The van der Waals surface area contributed by atoms with Gasteiger partial charge in [0, 0.05) is 51.4 Å². The Morgan fingerprint density at radius 3 is 2.28 bits per heavy atom. The van der Waals surface area contributed by atoms with E-state index in [0.717, 1.165) is 26.1 Å². The Kier molecular flexibility index (Phi) is 7.02. The van der Waals surface area contributed by atoms with E-state index in [4.69, 9.17) is 0 Å². The number of sulfonamides is 1. The van der Waals surface area contributed by atoms with E-state index in [1.165, 1.54) is 0 Å². The highest BCUT2D eigenvalue weighted by Gasteiger charge is 2.32. The third-order valence-electron chi connectivity index (χ3n) is 5.84. The molecule has 0 bridgehead atoms. The third-order valence-corrected chi connectivity index (χ3v) is 7.66. The molecule has 2 aliphatic rings. The summed E-state index contributed by atoms with van der Waals surface area (Å²) in [5, 5.41) is 0. The minimum atomic E-state index is -3.58. The van der Waals surface area contributed by atoms with Crippen LogP contribution in [0, 0.1) is 17.8 Å². The summed E-state index contributed by atoms with van der Waals surface area (Å²) in [6.45, 7) is 13.8. The molecule has 2 aliphatic heterocycles. The average Bonchev–Trinajstić information content (AvgIpc) is 2.67. The van der Waals surface area contributed by atoms with E-state index in [-0.39, 0.29) is 10.8 Å². The summed E-state index contributed by atoms with van der Waals surface area (Å²) >= 11 is 0. The van der Waals surface area contributed by atoms with Crippen LogP contribution in [0.15, 0.2) is 29.2 Å². The molecule has 2 unspecified atom stereocenters. The number of amides is 1. The number of rotatable bonds is 5. The molecule has 0 aromatic heterocycles. The second-order valence-electron chi connectivity index (χ2n) is 9.28. The van der Waals surface area contributed by atoms with E-state index < -0.39 is 10.0 Å². The van der Waals surface area contributed by atoms with E-state index in [0.29, 0.717) is 49.5 Å². The standard InChI is InChI=1S/C22H35N3O3S/c1-17(2)14-23-8-10-24(11-9-23)22(26)20-6-5-7-21(13-20)29(27,28)25-15-18(3)12-19(4)16-25/h5-7,13,17-19H,8-12,14-16H2,1-4H3. The summed E-state index contributed by atoms with van der Waals surface area (Å²) in [5.74, 6) is 1.23. The zero-order valence-corrected chi connectivity index (χ0v) is 19.0. The minimum Gasteiger partial charge on any atom is -0.336 e. The van der Waals surface area contributed by atoms with E-state index in [1.54, 1.807) is 28.6 Å². The van der Waals surface area contributed by atoms with Crippen LogP contribution in [0.3, 0.4) is 0 Å². The van der Waals surface area contributed by atoms with Gasteiger partial charge in [-0.05, 0) is 42.4 Å². The molecule has 1 aromatic carbocycles. The van der Waals surface area contributed by atoms with Gasteiger partial charge in [0.2, 0.25) is 10.0 Å². The predicted molar refractivity (Wildman–Crippen MR) is 115 cm³/mol. The topological polar surface area (TPSA) is 60.9 Å². The number of piperidine rings is 1. The number of benzene rings is 1. The zero-order valence-electron chi connectivity index (χ0n) is 18.2. The van der Waals surface area contributed by atoms with Crippen LogP contribution in [-0.4, -0.2) is 74.2 Å². The van der Waals surface area contributed by atoms with Crippen molar-refractivity contribution in [1.82, 2.24) is 14.1 Å². The molecule has 29 heavy (non-hydrogen) atoms. The summed E-state index contributed by atoms with van der Waals surface area (Å²) < 4.78 is 27.9. The molecular formula is C22H35N3O3S. The van der Waals surface area contributed by atoms with Crippen molar-refractivity contribution >= 4 is 15.9 Å². The van der Waals surface area contributed by atoms with Gasteiger partial charge in [-0.15, -0.1) is 0 Å². The molecule has 3 rings (SSSR count). The van der Waals surface area contributed by atoms with Gasteiger partial charge in [0.25, 0.3) is 5.91 Å². The second kappa shape index (κ2) is 9.14. The Morgan fingerprint density at radius 2 is 1.69 bits per heavy atom. The molecule has 1 amide bonds. The van der Waals surface area contributed by atoms with Crippen LogP contribution in [-0.2, 0) is 10.0 Å². The molecule has 6 nitrogen and oxygen atoms in total. The predicted octanol–water partition coefficient (Wildman–Crippen LogP) is 2.77. The molecule has 7 heteroatoms. The van der Waals surface area contributed by atoms with Crippen molar-refractivity contribution < 1.29 is 13.2 Å². The van der Waals surface area contributed by atoms with Crippen LogP contribution < -0.4 is 0 Å². The van der Waals surface area contributed by atoms with Crippen LogP contribution in [0.4, 0.5) is 0 Å². The molecule has 2 atom stereocenters. The molecule has 2 fully saturated rings. The highest BCUT2D eigenvalue weighted by atomic mass is 32.2. The average molecular weight is 422 g/mol. The maximum absolute atomic E-state index is 13.2. The van der Waals surface area contributed by atoms with Crippen molar-refractivity contribution in [3.63, 3.8) is 0 Å². The minimum absolute atomic E-state index is 0.0772. The Morgan fingerprint density at radius 1 is 1.07 bits per heavy atom. The van der Waals surface area contributed by atoms with Gasteiger partial charge in [-0.3, -0.25) is 9.69 Å². The van der Waals surface area contributed by atoms with E-state index in [2.05, 4.69) is 32.6 Å². The maximum atomic E-state index is 13.2. The van der Waals surface area contributed by atoms with Crippen LogP contribution in [0.25, 0.3) is 0 Å². The summed E-state index contributed by atoms with van der Waals surface area (Å²) in [6, 6.07) is 6.58. The molecular weight excluding hydrogens is 386 g/mol. The van der Waals surface area contributed by atoms with Crippen molar-refractivity contribution in [2.75, 3.05) is 45.8 Å². The maximum Gasteiger partial charge on any atom is 0.253 e. The van der Waals surface area contributed by atoms with Crippen LogP contribution in [0.5, 0.6) is 0 Å². The molecule has 2 saturated heterocycles. The smallest absolute Gasteiger partial charge is 0.253 e. The number of hydrogen-bond donors (Lipinski definition) is 0. The first-order valence-electron chi connectivity index (χ1n) is 10.8. The molecule has 162 valence electrons. The first-order valence-corrected chi connectivity index (χ1v) is 12.2. The Bertz CT molecular complexity index is 806. The van der Waals surface area contributed by atoms with Gasteiger partial charge in [0.1, 0.15) is 0 Å². The molecule has 1 aromatic rings. The second-order valence-corrected chi connectivity index (χ2v) is 11.2. The fourth-order valence-electron chi connectivity index (χ4n) is 4.57. The van der Waals surface area contributed by atoms with Crippen molar-refractivity contribution in [3.05, 3.63) is 29.8 Å². The number of piperazine rings is 1. The Labute approximate surface area is 175 Å². The first kappa shape index (κ1) is 22.2.